The standard InChI is InChI=1S/C55H66N2O9/c1-54(2,3)66-53(59)57-46(39-65-55(57,4)5)32-21-33-47-49(61-35-42-24-13-7-14-25-42)51(63-37-44-28-17-9-18-29-44)50(62-36-43-26-15-8-16-27-43)48(40-60-34-41-22-11-6-12-23-41)56(47)52(58)64-38-45-30-19-10-20-31-45/h6-20,22-31,46-51H,21,32-40H2,1-5H3/t46-,47-,48-,49-,50+,51+/m0/s1. The van der Waals surface area contributed by atoms with Gasteiger partial charge in [0.15, 0.2) is 0 Å². The number of ether oxygens (including phenoxy) is 7. The third kappa shape index (κ3) is 13.5. The van der Waals surface area contributed by atoms with Crippen LogP contribution in [0.3, 0.4) is 0 Å². The maximum absolute atomic E-state index is 15.1. The summed E-state index contributed by atoms with van der Waals surface area (Å²) in [6.45, 7) is 11.0. The Morgan fingerprint density at radius 3 is 1.45 bits per heavy atom. The van der Waals surface area contributed by atoms with E-state index in [0.717, 1.165) is 27.8 Å². The van der Waals surface area contributed by atoms with E-state index in [1.54, 1.807) is 4.90 Å². The van der Waals surface area contributed by atoms with Crippen molar-refractivity contribution < 1.29 is 42.7 Å². The van der Waals surface area contributed by atoms with Crippen LogP contribution in [-0.4, -0.2) is 83.0 Å². The summed E-state index contributed by atoms with van der Waals surface area (Å²) in [7, 11) is 0. The van der Waals surface area contributed by atoms with Crippen LogP contribution < -0.4 is 0 Å². The average molecular weight is 899 g/mol. The van der Waals surface area contributed by atoms with Crippen molar-refractivity contribution >= 4 is 12.2 Å². The van der Waals surface area contributed by atoms with E-state index in [-0.39, 0.29) is 39.1 Å². The molecule has 0 radical (unpaired) electrons. The molecule has 2 aliphatic heterocycles. The molecule has 7 rings (SSSR count). The van der Waals surface area contributed by atoms with Crippen molar-refractivity contribution in [2.45, 2.75) is 135 Å². The van der Waals surface area contributed by atoms with Crippen LogP contribution in [0.25, 0.3) is 0 Å². The molecule has 5 aromatic rings. The molecule has 2 amide bonds. The fourth-order valence-electron chi connectivity index (χ4n) is 8.84. The van der Waals surface area contributed by atoms with Crippen LogP contribution >= 0.6 is 0 Å². The summed E-state index contributed by atoms with van der Waals surface area (Å²) in [4.78, 5) is 32.4. The topological polar surface area (TPSA) is 105 Å². The lowest BCUT2D eigenvalue weighted by molar-refractivity contribution is -0.224. The highest BCUT2D eigenvalue weighted by atomic mass is 16.6. The van der Waals surface area contributed by atoms with Crippen molar-refractivity contribution in [2.75, 3.05) is 13.2 Å². The molecule has 11 nitrogen and oxygen atoms in total. The molecule has 66 heavy (non-hydrogen) atoms. The zero-order valence-electron chi connectivity index (χ0n) is 39.0. The average Bonchev–Trinajstić information content (AvgIpc) is 3.63. The second-order valence-corrected chi connectivity index (χ2v) is 18.6. The predicted octanol–water partition coefficient (Wildman–Crippen LogP) is 10.9. The van der Waals surface area contributed by atoms with Crippen molar-refractivity contribution in [3.63, 3.8) is 0 Å². The van der Waals surface area contributed by atoms with Crippen molar-refractivity contribution in [3.8, 4) is 0 Å². The van der Waals surface area contributed by atoms with E-state index in [0.29, 0.717) is 32.5 Å². The zero-order chi connectivity index (χ0) is 46.4. The van der Waals surface area contributed by atoms with Crippen LogP contribution in [0.1, 0.15) is 81.7 Å². The summed E-state index contributed by atoms with van der Waals surface area (Å²) in [5, 5.41) is 0. The molecule has 350 valence electrons. The molecular weight excluding hydrogens is 833 g/mol. The number of amides is 2. The lowest BCUT2D eigenvalue weighted by atomic mass is 9.84. The van der Waals surface area contributed by atoms with E-state index < -0.39 is 53.9 Å². The predicted molar refractivity (Wildman–Crippen MR) is 253 cm³/mol. The SMILES string of the molecule is CC(C)(C)OC(=O)N1[C@@H](CCC[C@H]2[C@H](OCc3ccccc3)[C@@H](OCc3ccccc3)[C@H](OCc3ccccc3)[C@H](COCc3ccccc3)N2C(=O)OCc2ccccc2)COC1(C)C. The van der Waals surface area contributed by atoms with Gasteiger partial charge >= 0.3 is 12.2 Å². The Hall–Kier alpha value is -5.56. The quantitative estimate of drug-likeness (QED) is 0.0801. The third-order valence-corrected chi connectivity index (χ3v) is 12.0. The van der Waals surface area contributed by atoms with Crippen molar-refractivity contribution in [1.29, 1.82) is 0 Å². The van der Waals surface area contributed by atoms with Gasteiger partial charge in [0.1, 0.15) is 36.2 Å². The van der Waals surface area contributed by atoms with Crippen molar-refractivity contribution in [2.24, 2.45) is 0 Å². The van der Waals surface area contributed by atoms with E-state index in [1.807, 2.05) is 191 Å². The molecule has 0 saturated carbocycles. The first-order chi connectivity index (χ1) is 31.9. The Morgan fingerprint density at radius 1 is 0.561 bits per heavy atom. The maximum atomic E-state index is 15.1. The molecule has 6 atom stereocenters. The fraction of sp³-hybridized carbons (Fsp3) is 0.418. The highest BCUT2D eigenvalue weighted by Gasteiger charge is 2.54. The van der Waals surface area contributed by atoms with Gasteiger partial charge in [0.2, 0.25) is 0 Å². The van der Waals surface area contributed by atoms with Crippen LogP contribution in [0.2, 0.25) is 0 Å². The van der Waals surface area contributed by atoms with Gasteiger partial charge in [0, 0.05) is 0 Å². The minimum Gasteiger partial charge on any atom is -0.445 e. The monoisotopic (exact) mass is 898 g/mol. The normalized spacial score (nSPS) is 21.7. The Bertz CT molecular complexity index is 2210. The molecule has 2 aliphatic rings. The summed E-state index contributed by atoms with van der Waals surface area (Å²) in [6.07, 6.45) is -1.37. The van der Waals surface area contributed by atoms with E-state index in [9.17, 15) is 4.79 Å². The largest absolute Gasteiger partial charge is 0.445 e. The number of nitrogens with zero attached hydrogens (tertiary/aromatic N) is 2. The van der Waals surface area contributed by atoms with Gasteiger partial charge in [0.25, 0.3) is 0 Å². The molecule has 2 heterocycles. The van der Waals surface area contributed by atoms with Crippen LogP contribution in [0.15, 0.2) is 152 Å². The number of hydrogen-bond donors (Lipinski definition) is 0. The maximum Gasteiger partial charge on any atom is 0.412 e. The number of hydrogen-bond acceptors (Lipinski definition) is 9. The van der Waals surface area contributed by atoms with Gasteiger partial charge in [-0.05, 0) is 81.7 Å². The van der Waals surface area contributed by atoms with E-state index in [1.165, 1.54) is 0 Å². The number of piperidine rings is 1. The van der Waals surface area contributed by atoms with Crippen molar-refractivity contribution in [1.82, 2.24) is 9.80 Å². The Labute approximate surface area is 390 Å². The molecule has 0 unspecified atom stereocenters. The highest BCUT2D eigenvalue weighted by molar-refractivity contribution is 5.70. The molecule has 0 N–H and O–H groups in total. The smallest absolute Gasteiger partial charge is 0.412 e. The number of benzene rings is 5. The molecule has 0 bridgehead atoms. The van der Waals surface area contributed by atoms with Crippen LogP contribution in [0.5, 0.6) is 0 Å². The van der Waals surface area contributed by atoms with Crippen molar-refractivity contribution in [3.05, 3.63) is 179 Å². The highest BCUT2D eigenvalue weighted by Crippen LogP contribution is 2.38. The summed E-state index contributed by atoms with van der Waals surface area (Å²) in [6, 6.07) is 48.2. The second kappa shape index (κ2) is 23.3. The lowest BCUT2D eigenvalue weighted by Gasteiger charge is -2.52. The second-order valence-electron chi connectivity index (χ2n) is 18.6. The molecule has 0 aromatic heterocycles. The number of likely N-dealkylation sites (tertiary alicyclic amines) is 1. The van der Waals surface area contributed by atoms with Gasteiger partial charge < -0.3 is 33.2 Å². The van der Waals surface area contributed by atoms with E-state index >= 15 is 4.79 Å². The lowest BCUT2D eigenvalue weighted by Crippen LogP contribution is -2.70. The summed E-state index contributed by atoms with van der Waals surface area (Å²) < 4.78 is 46.2. The molecule has 2 saturated heterocycles. The summed E-state index contributed by atoms with van der Waals surface area (Å²) in [5.74, 6) is 0. The molecule has 5 aromatic carbocycles. The third-order valence-electron chi connectivity index (χ3n) is 12.0. The Kier molecular flexibility index (Phi) is 17.0. The molecule has 11 heteroatoms. The summed E-state index contributed by atoms with van der Waals surface area (Å²) in [5.41, 5.74) is 3.25. The van der Waals surface area contributed by atoms with Gasteiger partial charge in [-0.25, -0.2) is 9.59 Å². The molecule has 0 spiro atoms. The minimum absolute atomic E-state index is 0.0683. The van der Waals surface area contributed by atoms with Gasteiger partial charge in [-0.1, -0.05) is 152 Å². The van der Waals surface area contributed by atoms with Crippen LogP contribution in [0, 0.1) is 0 Å². The molecular formula is C55H66N2O9. The number of carbonyl (C=O) groups excluding carboxylic acids is 2. The Balaban J connectivity index is 1.28. The van der Waals surface area contributed by atoms with E-state index in [4.69, 9.17) is 33.2 Å². The van der Waals surface area contributed by atoms with Gasteiger partial charge in [0.05, 0.1) is 57.8 Å². The number of carbonyl (C=O) groups is 2. The van der Waals surface area contributed by atoms with Gasteiger partial charge in [-0.2, -0.15) is 0 Å². The first-order valence-corrected chi connectivity index (χ1v) is 23.2. The van der Waals surface area contributed by atoms with Gasteiger partial charge in [-0.15, -0.1) is 0 Å². The molecule has 0 aliphatic carbocycles. The first-order valence-electron chi connectivity index (χ1n) is 23.2. The minimum atomic E-state index is -0.868. The fourth-order valence-corrected chi connectivity index (χ4v) is 8.84. The zero-order valence-corrected chi connectivity index (χ0v) is 39.0. The first kappa shape index (κ1) is 48.4. The molecule has 2 fully saturated rings. The number of rotatable bonds is 19. The van der Waals surface area contributed by atoms with E-state index in [2.05, 4.69) is 0 Å². The van der Waals surface area contributed by atoms with Crippen LogP contribution in [-0.2, 0) is 66.2 Å². The Morgan fingerprint density at radius 2 is 0.985 bits per heavy atom. The summed E-state index contributed by atoms with van der Waals surface area (Å²) >= 11 is 0. The van der Waals surface area contributed by atoms with Crippen LogP contribution in [0.4, 0.5) is 9.59 Å². The van der Waals surface area contributed by atoms with Gasteiger partial charge in [-0.3, -0.25) is 9.80 Å².